The van der Waals surface area contributed by atoms with E-state index in [0.717, 1.165) is 6.26 Å². The van der Waals surface area contributed by atoms with Gasteiger partial charge in [0.05, 0.1) is 48.7 Å². The maximum Gasteiger partial charge on any atom is 0.243 e. The van der Waals surface area contributed by atoms with Gasteiger partial charge in [0, 0.05) is 26.1 Å². The van der Waals surface area contributed by atoms with Gasteiger partial charge in [-0.05, 0) is 48.9 Å². The number of ether oxygens (including phenoxy) is 3. The number of nitrogens with one attached hydrogen (secondary N) is 1. The van der Waals surface area contributed by atoms with E-state index in [1.54, 1.807) is 24.3 Å². The molecule has 2 aromatic carbocycles. The minimum absolute atomic E-state index is 0.102. The van der Waals surface area contributed by atoms with Crippen molar-refractivity contribution in [3.8, 4) is 11.5 Å². The zero-order chi connectivity index (χ0) is 27.8. The average Bonchev–Trinajstić information content (AvgIpc) is 2.89. The molecular formula is C24H32ClN3O8S2. The first-order valence-corrected chi connectivity index (χ1v) is 15.6. The molecule has 38 heavy (non-hydrogen) atoms. The summed E-state index contributed by atoms with van der Waals surface area (Å²) in [6.07, 6.45) is 1.50. The second-order valence-electron chi connectivity index (χ2n) is 8.44. The first-order valence-electron chi connectivity index (χ1n) is 11.9. The molecule has 0 saturated carbocycles. The number of rotatable bonds is 13. The second kappa shape index (κ2) is 13.5. The summed E-state index contributed by atoms with van der Waals surface area (Å²) in [5.74, 6) is 0.656. The van der Waals surface area contributed by atoms with Crippen LogP contribution in [0.25, 0.3) is 0 Å². The topological polar surface area (TPSA) is 132 Å². The van der Waals surface area contributed by atoms with Crippen LogP contribution in [0.2, 0.25) is 5.02 Å². The number of methoxy groups -OCH3 is 1. The molecule has 1 N–H and O–H groups in total. The van der Waals surface area contributed by atoms with Gasteiger partial charge in [-0.1, -0.05) is 11.6 Å². The molecule has 0 aromatic heterocycles. The highest BCUT2D eigenvalue weighted by Crippen LogP contribution is 2.30. The van der Waals surface area contributed by atoms with Crippen molar-refractivity contribution in [2.24, 2.45) is 0 Å². The van der Waals surface area contributed by atoms with E-state index in [2.05, 4.69) is 5.32 Å². The highest BCUT2D eigenvalue weighted by molar-refractivity contribution is 7.92. The molecule has 11 nitrogen and oxygen atoms in total. The molecule has 0 aliphatic carbocycles. The van der Waals surface area contributed by atoms with Crippen LogP contribution in [0.3, 0.4) is 0 Å². The molecule has 1 aliphatic rings. The Bertz CT molecular complexity index is 1300. The van der Waals surface area contributed by atoms with Crippen molar-refractivity contribution < 1.29 is 35.8 Å². The van der Waals surface area contributed by atoms with Crippen molar-refractivity contribution in [1.29, 1.82) is 0 Å². The van der Waals surface area contributed by atoms with Crippen molar-refractivity contribution in [3.63, 3.8) is 0 Å². The van der Waals surface area contributed by atoms with Crippen molar-refractivity contribution in [3.05, 3.63) is 47.5 Å². The standard InChI is InChI=1S/C24H32ClN3O8S2/c1-34-23-10-5-19(18-22(23)25)28(37(2,30)31)12-3-4-24(29)26-11-15-36-20-6-8-21(9-7-20)38(32,33)27-13-16-35-17-14-27/h5-10,18H,3-4,11-17H2,1-2H3,(H,26,29). The number of halogens is 1. The Morgan fingerprint density at radius 2 is 1.79 bits per heavy atom. The fourth-order valence-corrected chi connectivity index (χ4v) is 6.39. The summed E-state index contributed by atoms with van der Waals surface area (Å²) in [6.45, 7) is 1.91. The van der Waals surface area contributed by atoms with Crippen LogP contribution in [0.15, 0.2) is 47.4 Å². The van der Waals surface area contributed by atoms with E-state index in [4.69, 9.17) is 25.8 Å². The summed E-state index contributed by atoms with van der Waals surface area (Å²) in [7, 11) is -5.69. The summed E-state index contributed by atoms with van der Waals surface area (Å²) in [4.78, 5) is 12.4. The van der Waals surface area contributed by atoms with Crippen LogP contribution in [0.1, 0.15) is 12.8 Å². The van der Waals surface area contributed by atoms with E-state index in [1.807, 2.05) is 0 Å². The maximum atomic E-state index is 12.7. The number of anilines is 1. The van der Waals surface area contributed by atoms with Crippen LogP contribution >= 0.6 is 11.6 Å². The molecule has 0 radical (unpaired) electrons. The predicted molar refractivity (Wildman–Crippen MR) is 144 cm³/mol. The van der Waals surface area contributed by atoms with Gasteiger partial charge in [-0.3, -0.25) is 9.10 Å². The van der Waals surface area contributed by atoms with Crippen LogP contribution < -0.4 is 19.1 Å². The van der Waals surface area contributed by atoms with Crippen LogP contribution in [0.4, 0.5) is 5.69 Å². The van der Waals surface area contributed by atoms with Crippen molar-refractivity contribution >= 4 is 43.2 Å². The van der Waals surface area contributed by atoms with Crippen molar-refractivity contribution in [2.75, 3.05) is 63.7 Å². The van der Waals surface area contributed by atoms with Gasteiger partial charge in [0.2, 0.25) is 26.0 Å². The molecule has 1 saturated heterocycles. The number of carbonyl (C=O) groups excluding carboxylic acids is 1. The Hall–Kier alpha value is -2.58. The Labute approximate surface area is 228 Å². The maximum absolute atomic E-state index is 12.7. The Kier molecular flexibility index (Phi) is 10.6. The highest BCUT2D eigenvalue weighted by Gasteiger charge is 2.26. The summed E-state index contributed by atoms with van der Waals surface area (Å²) < 4.78 is 68.4. The first-order chi connectivity index (χ1) is 18.0. The third-order valence-corrected chi connectivity index (χ3v) is 9.12. The number of nitrogens with zero attached hydrogens (tertiary/aromatic N) is 2. The third kappa shape index (κ3) is 8.21. The number of hydrogen-bond acceptors (Lipinski definition) is 8. The van der Waals surface area contributed by atoms with Gasteiger partial charge < -0.3 is 19.5 Å². The van der Waals surface area contributed by atoms with Gasteiger partial charge >= 0.3 is 0 Å². The molecule has 1 fully saturated rings. The van der Waals surface area contributed by atoms with Crippen LogP contribution in [-0.2, 0) is 29.6 Å². The van der Waals surface area contributed by atoms with Gasteiger partial charge in [0.1, 0.15) is 18.1 Å². The van der Waals surface area contributed by atoms with Gasteiger partial charge in [-0.25, -0.2) is 16.8 Å². The number of amides is 1. The first kappa shape index (κ1) is 30.0. The lowest BCUT2D eigenvalue weighted by atomic mass is 10.2. The fourth-order valence-electron chi connectivity index (χ4n) is 3.77. The lowest BCUT2D eigenvalue weighted by Crippen LogP contribution is -2.40. The quantitative estimate of drug-likeness (QED) is 0.352. The Morgan fingerprint density at radius 1 is 1.11 bits per heavy atom. The van der Waals surface area contributed by atoms with E-state index in [1.165, 1.54) is 33.9 Å². The molecule has 14 heteroatoms. The molecule has 1 aliphatic heterocycles. The largest absolute Gasteiger partial charge is 0.495 e. The van der Waals surface area contributed by atoms with Crippen LogP contribution in [0.5, 0.6) is 11.5 Å². The number of carbonyl (C=O) groups is 1. The SMILES string of the molecule is COc1ccc(N(CCCC(=O)NCCOc2ccc(S(=O)(=O)N3CCOCC3)cc2)S(C)(=O)=O)cc1Cl. The minimum atomic E-state index is -3.59. The number of sulfonamides is 2. The Balaban J connectivity index is 1.41. The zero-order valence-electron chi connectivity index (χ0n) is 21.3. The molecule has 0 bridgehead atoms. The van der Waals surface area contributed by atoms with Gasteiger partial charge in [-0.15, -0.1) is 0 Å². The lowest BCUT2D eigenvalue weighted by Gasteiger charge is -2.26. The van der Waals surface area contributed by atoms with Crippen LogP contribution in [0, 0.1) is 0 Å². The molecule has 0 atom stereocenters. The van der Waals surface area contributed by atoms with E-state index < -0.39 is 20.0 Å². The molecule has 0 unspecified atom stereocenters. The van der Waals surface area contributed by atoms with E-state index in [-0.39, 0.29) is 41.9 Å². The minimum Gasteiger partial charge on any atom is -0.495 e. The summed E-state index contributed by atoms with van der Waals surface area (Å²) >= 11 is 6.13. The third-order valence-electron chi connectivity index (χ3n) is 5.71. The summed E-state index contributed by atoms with van der Waals surface area (Å²) in [6, 6.07) is 10.8. The normalized spacial score (nSPS) is 14.6. The number of morpholine rings is 1. The fraction of sp³-hybridized carbons (Fsp3) is 0.458. The molecule has 3 rings (SSSR count). The molecule has 0 spiro atoms. The number of benzene rings is 2. The van der Waals surface area contributed by atoms with Crippen molar-refractivity contribution in [1.82, 2.24) is 9.62 Å². The molecular weight excluding hydrogens is 558 g/mol. The molecule has 210 valence electrons. The molecule has 2 aromatic rings. The number of hydrogen-bond donors (Lipinski definition) is 1. The van der Waals surface area contributed by atoms with Gasteiger partial charge in [0.25, 0.3) is 0 Å². The lowest BCUT2D eigenvalue weighted by molar-refractivity contribution is -0.121. The van der Waals surface area contributed by atoms with Crippen molar-refractivity contribution in [2.45, 2.75) is 17.7 Å². The van der Waals surface area contributed by atoms with Gasteiger partial charge in [-0.2, -0.15) is 4.31 Å². The van der Waals surface area contributed by atoms with Gasteiger partial charge in [0.15, 0.2) is 0 Å². The summed E-state index contributed by atoms with van der Waals surface area (Å²) in [5.41, 5.74) is 0.385. The smallest absolute Gasteiger partial charge is 0.243 e. The van der Waals surface area contributed by atoms with E-state index in [9.17, 15) is 21.6 Å². The Morgan fingerprint density at radius 3 is 2.39 bits per heavy atom. The summed E-state index contributed by atoms with van der Waals surface area (Å²) in [5, 5.41) is 3.01. The van der Waals surface area contributed by atoms with Crippen LogP contribution in [-0.4, -0.2) is 86.4 Å². The second-order valence-corrected chi connectivity index (χ2v) is 12.7. The molecule has 1 amide bonds. The molecule has 1 heterocycles. The van der Waals surface area contributed by atoms with E-state index >= 15 is 0 Å². The monoisotopic (exact) mass is 589 g/mol. The van der Waals surface area contributed by atoms with E-state index in [0.29, 0.717) is 49.9 Å². The zero-order valence-corrected chi connectivity index (χ0v) is 23.6. The average molecular weight is 590 g/mol. The predicted octanol–water partition coefficient (Wildman–Crippen LogP) is 2.11. The highest BCUT2D eigenvalue weighted by atomic mass is 35.5.